The smallest absolute Gasteiger partial charge is 0.208 e. The van der Waals surface area contributed by atoms with Gasteiger partial charge in [-0.2, -0.15) is 0 Å². The van der Waals surface area contributed by atoms with Gasteiger partial charge in [0.15, 0.2) is 0 Å². The van der Waals surface area contributed by atoms with Crippen molar-refractivity contribution in [2.75, 3.05) is 20.2 Å². The zero-order valence-corrected chi connectivity index (χ0v) is 7.96. The van der Waals surface area contributed by atoms with E-state index in [0.29, 0.717) is 17.8 Å². The first kappa shape index (κ1) is 11.8. The van der Waals surface area contributed by atoms with Crippen LogP contribution in [0.4, 0.5) is 4.39 Å². The van der Waals surface area contributed by atoms with Crippen LogP contribution in [0.1, 0.15) is 6.92 Å². The van der Waals surface area contributed by atoms with E-state index in [0.717, 1.165) is 0 Å². The number of aliphatic imine (C=N–C) groups is 1. The molecular formula is C9H15FN2O. The molecule has 0 bridgehead atoms. The van der Waals surface area contributed by atoms with Gasteiger partial charge in [-0.3, -0.25) is 4.99 Å². The maximum absolute atomic E-state index is 12.0. The summed E-state index contributed by atoms with van der Waals surface area (Å²) in [6.45, 7) is 2.15. The van der Waals surface area contributed by atoms with E-state index in [-0.39, 0.29) is 13.2 Å². The van der Waals surface area contributed by atoms with Gasteiger partial charge in [0, 0.05) is 19.2 Å². The highest BCUT2D eigenvalue weighted by atomic mass is 19.1. The van der Waals surface area contributed by atoms with Gasteiger partial charge in [-0.1, -0.05) is 6.08 Å². The molecule has 0 aliphatic heterocycles. The second-order valence-corrected chi connectivity index (χ2v) is 2.32. The van der Waals surface area contributed by atoms with Crippen LogP contribution in [0.3, 0.4) is 0 Å². The quantitative estimate of drug-likeness (QED) is 0.533. The Kier molecular flexibility index (Phi) is 6.82. The lowest BCUT2D eigenvalue weighted by atomic mass is 10.3. The lowest BCUT2D eigenvalue weighted by Crippen LogP contribution is -2.11. The number of allylic oxidation sites excluding steroid dienone is 1. The van der Waals surface area contributed by atoms with Crippen LogP contribution in [0.25, 0.3) is 0 Å². The minimum atomic E-state index is 0.143. The standard InChI is InChI=1S/C9H15FN2O/c1-3-4-9(12-2)13-7-8(5-10)6-11/h3-5H,6-7,11H2,1-2H3/b4-3-,8-5-,12-9?. The van der Waals surface area contributed by atoms with Gasteiger partial charge in [-0.15, -0.1) is 0 Å². The summed E-state index contributed by atoms with van der Waals surface area (Å²) in [4.78, 5) is 3.84. The summed E-state index contributed by atoms with van der Waals surface area (Å²) in [6, 6.07) is 0. The predicted molar refractivity (Wildman–Crippen MR) is 52.4 cm³/mol. The molecule has 0 saturated heterocycles. The third-order valence-electron chi connectivity index (χ3n) is 1.35. The van der Waals surface area contributed by atoms with Gasteiger partial charge in [0.05, 0.1) is 6.33 Å². The van der Waals surface area contributed by atoms with Gasteiger partial charge in [-0.05, 0) is 13.0 Å². The molecule has 0 aliphatic rings. The van der Waals surface area contributed by atoms with E-state index in [4.69, 9.17) is 10.5 Å². The fourth-order valence-electron chi connectivity index (χ4n) is 0.631. The minimum absolute atomic E-state index is 0.143. The monoisotopic (exact) mass is 186 g/mol. The summed E-state index contributed by atoms with van der Waals surface area (Å²) < 4.78 is 17.2. The average molecular weight is 186 g/mol. The van der Waals surface area contributed by atoms with Crippen molar-refractivity contribution in [3.8, 4) is 0 Å². The van der Waals surface area contributed by atoms with Crippen LogP contribution in [0, 0.1) is 0 Å². The molecule has 0 rings (SSSR count). The Hall–Kier alpha value is -1.16. The molecule has 0 aliphatic carbocycles. The first-order valence-corrected chi connectivity index (χ1v) is 3.99. The van der Waals surface area contributed by atoms with Crippen molar-refractivity contribution in [1.29, 1.82) is 0 Å². The van der Waals surface area contributed by atoms with E-state index >= 15 is 0 Å². The van der Waals surface area contributed by atoms with E-state index in [1.165, 1.54) is 0 Å². The molecule has 4 heteroatoms. The van der Waals surface area contributed by atoms with Crippen molar-refractivity contribution in [3.63, 3.8) is 0 Å². The molecule has 13 heavy (non-hydrogen) atoms. The van der Waals surface area contributed by atoms with Crippen LogP contribution in [0.5, 0.6) is 0 Å². The Morgan fingerprint density at radius 3 is 2.69 bits per heavy atom. The van der Waals surface area contributed by atoms with Crippen molar-refractivity contribution >= 4 is 5.90 Å². The first-order chi connectivity index (χ1) is 6.28. The largest absolute Gasteiger partial charge is 0.473 e. The molecule has 0 spiro atoms. The van der Waals surface area contributed by atoms with Gasteiger partial charge in [0.1, 0.15) is 6.61 Å². The third-order valence-corrected chi connectivity index (χ3v) is 1.35. The molecule has 0 atom stereocenters. The minimum Gasteiger partial charge on any atom is -0.473 e. The SMILES string of the molecule is C/C=C\C(=NC)OC/C(=C\F)CN. The van der Waals surface area contributed by atoms with Crippen molar-refractivity contribution in [2.24, 2.45) is 10.7 Å². The second-order valence-electron chi connectivity index (χ2n) is 2.32. The van der Waals surface area contributed by atoms with E-state index in [9.17, 15) is 4.39 Å². The highest BCUT2D eigenvalue weighted by Gasteiger charge is 1.97. The molecular weight excluding hydrogens is 171 g/mol. The summed E-state index contributed by atoms with van der Waals surface area (Å²) >= 11 is 0. The van der Waals surface area contributed by atoms with Crippen LogP contribution in [0.2, 0.25) is 0 Å². The maximum atomic E-state index is 12.0. The van der Waals surface area contributed by atoms with Crippen molar-refractivity contribution in [1.82, 2.24) is 0 Å². The maximum Gasteiger partial charge on any atom is 0.208 e. The molecule has 0 fully saturated rings. The topological polar surface area (TPSA) is 47.6 Å². The molecule has 2 N–H and O–H groups in total. The highest BCUT2D eigenvalue weighted by Crippen LogP contribution is 1.95. The Labute approximate surface area is 77.8 Å². The lowest BCUT2D eigenvalue weighted by Gasteiger charge is -2.05. The Bertz CT molecular complexity index is 222. The van der Waals surface area contributed by atoms with Crippen molar-refractivity contribution in [2.45, 2.75) is 6.92 Å². The number of nitrogens with zero attached hydrogens (tertiary/aromatic N) is 1. The van der Waals surface area contributed by atoms with Crippen LogP contribution in [0.15, 0.2) is 29.0 Å². The second kappa shape index (κ2) is 7.49. The third kappa shape index (κ3) is 5.14. The van der Waals surface area contributed by atoms with Crippen LogP contribution in [-0.2, 0) is 4.74 Å². The number of hydrogen-bond donors (Lipinski definition) is 1. The zero-order valence-electron chi connectivity index (χ0n) is 7.96. The normalized spacial score (nSPS) is 13.8. The predicted octanol–water partition coefficient (Wildman–Crippen LogP) is 1.42. The zero-order chi connectivity index (χ0) is 10.1. The number of ether oxygens (including phenoxy) is 1. The number of nitrogens with two attached hydrogens (primary N) is 1. The van der Waals surface area contributed by atoms with Crippen molar-refractivity contribution in [3.05, 3.63) is 24.1 Å². The Morgan fingerprint density at radius 1 is 1.62 bits per heavy atom. The first-order valence-electron chi connectivity index (χ1n) is 3.99. The van der Waals surface area contributed by atoms with E-state index < -0.39 is 0 Å². The molecule has 0 saturated carbocycles. The van der Waals surface area contributed by atoms with Gasteiger partial charge in [0.2, 0.25) is 5.90 Å². The molecule has 0 aromatic carbocycles. The van der Waals surface area contributed by atoms with Crippen LogP contribution in [-0.4, -0.2) is 26.1 Å². The van der Waals surface area contributed by atoms with Gasteiger partial charge < -0.3 is 10.5 Å². The highest BCUT2D eigenvalue weighted by molar-refractivity contribution is 5.87. The molecule has 0 aromatic heterocycles. The summed E-state index contributed by atoms with van der Waals surface area (Å²) in [5, 5.41) is 0. The fourth-order valence-corrected chi connectivity index (χ4v) is 0.631. The Morgan fingerprint density at radius 2 is 2.31 bits per heavy atom. The molecule has 0 amide bonds. The van der Waals surface area contributed by atoms with Gasteiger partial charge in [0.25, 0.3) is 0 Å². The molecule has 74 valence electrons. The van der Waals surface area contributed by atoms with Gasteiger partial charge >= 0.3 is 0 Å². The number of rotatable bonds is 4. The average Bonchev–Trinajstić information content (AvgIpc) is 2.17. The summed E-state index contributed by atoms with van der Waals surface area (Å²) in [6.07, 6.45) is 3.96. The van der Waals surface area contributed by atoms with Crippen molar-refractivity contribution < 1.29 is 9.13 Å². The lowest BCUT2D eigenvalue weighted by molar-refractivity contribution is 0.337. The van der Waals surface area contributed by atoms with E-state index in [2.05, 4.69) is 4.99 Å². The number of hydrogen-bond acceptors (Lipinski definition) is 3. The van der Waals surface area contributed by atoms with Crippen LogP contribution >= 0.6 is 0 Å². The molecule has 0 radical (unpaired) electrons. The fraction of sp³-hybridized carbons (Fsp3) is 0.444. The molecule has 0 unspecified atom stereocenters. The van der Waals surface area contributed by atoms with E-state index in [1.807, 2.05) is 6.92 Å². The van der Waals surface area contributed by atoms with E-state index in [1.54, 1.807) is 19.2 Å². The molecule has 0 aromatic rings. The van der Waals surface area contributed by atoms with Gasteiger partial charge in [-0.25, -0.2) is 4.39 Å². The summed E-state index contributed by atoms with van der Waals surface area (Å²) in [5.41, 5.74) is 5.65. The molecule has 3 nitrogen and oxygen atoms in total. The van der Waals surface area contributed by atoms with Crippen LogP contribution < -0.4 is 5.73 Å². The summed E-state index contributed by atoms with van der Waals surface area (Å²) in [7, 11) is 1.61. The Balaban J connectivity index is 3.99. The molecule has 0 heterocycles. The summed E-state index contributed by atoms with van der Waals surface area (Å²) in [5.74, 6) is 0.468. The number of halogens is 1.